The van der Waals surface area contributed by atoms with Crippen LogP contribution in [0.25, 0.3) is 0 Å². The average Bonchev–Trinajstić information content (AvgIpc) is 2.83. The largest absolute Gasteiger partial charge is 0.385 e. The molecule has 1 aromatic heterocycles. The van der Waals surface area contributed by atoms with Crippen molar-refractivity contribution in [3.05, 3.63) is 53.6 Å². The van der Waals surface area contributed by atoms with Crippen LogP contribution in [0.2, 0.25) is 0 Å². The molecule has 0 aliphatic heterocycles. The third-order valence-corrected chi connectivity index (χ3v) is 2.92. The molecule has 3 nitrogen and oxygen atoms in total. The maximum Gasteiger partial charge on any atom is 0.159 e. The van der Waals surface area contributed by atoms with E-state index in [4.69, 9.17) is 0 Å². The van der Waals surface area contributed by atoms with Gasteiger partial charge in [0.15, 0.2) is 11.6 Å². The van der Waals surface area contributed by atoms with Crippen LogP contribution < -0.4 is 0 Å². The Kier molecular flexibility index (Phi) is 4.27. The fraction of sp³-hybridized carbons (Fsp3) is 0.357. The molecular weight excluding hydrogens is 250 g/mol. The van der Waals surface area contributed by atoms with Crippen LogP contribution in [0, 0.1) is 11.6 Å². The summed E-state index contributed by atoms with van der Waals surface area (Å²) in [6.45, 7) is 2.80. The van der Waals surface area contributed by atoms with E-state index >= 15 is 0 Å². The van der Waals surface area contributed by atoms with E-state index in [1.807, 2.05) is 11.5 Å². The topological polar surface area (TPSA) is 38.0 Å². The fourth-order valence-corrected chi connectivity index (χ4v) is 2.03. The summed E-state index contributed by atoms with van der Waals surface area (Å²) >= 11 is 0. The molecule has 0 saturated heterocycles. The standard InChI is InChI=1S/C14H16F2N2O/c1-2-6-18-7-5-17-14(18)13(19)9-10-3-4-11(15)12(16)8-10/h3-5,7-8,13,19H,2,6,9H2,1H3. The fourth-order valence-electron chi connectivity index (χ4n) is 2.03. The summed E-state index contributed by atoms with van der Waals surface area (Å²) in [7, 11) is 0. The number of aliphatic hydroxyl groups excluding tert-OH is 1. The second-order valence-electron chi connectivity index (χ2n) is 4.45. The normalized spacial score (nSPS) is 12.6. The number of aromatic nitrogens is 2. The third kappa shape index (κ3) is 3.17. The van der Waals surface area contributed by atoms with Crippen LogP contribution in [0.4, 0.5) is 8.78 Å². The Bertz CT molecular complexity index is 554. The first-order chi connectivity index (χ1) is 9.11. The molecule has 1 unspecified atom stereocenters. The van der Waals surface area contributed by atoms with Crippen LogP contribution in [0.1, 0.15) is 30.8 Å². The predicted molar refractivity (Wildman–Crippen MR) is 67.5 cm³/mol. The lowest BCUT2D eigenvalue weighted by atomic mass is 10.1. The lowest BCUT2D eigenvalue weighted by molar-refractivity contribution is 0.163. The van der Waals surface area contributed by atoms with Gasteiger partial charge in [-0.15, -0.1) is 0 Å². The van der Waals surface area contributed by atoms with E-state index in [1.54, 1.807) is 12.4 Å². The molecule has 0 radical (unpaired) electrons. The number of aryl methyl sites for hydroxylation is 1. The molecule has 2 rings (SSSR count). The number of halogens is 2. The number of rotatable bonds is 5. The van der Waals surface area contributed by atoms with E-state index in [0.29, 0.717) is 11.4 Å². The quantitative estimate of drug-likeness (QED) is 0.903. The maximum atomic E-state index is 13.1. The van der Waals surface area contributed by atoms with Gasteiger partial charge in [0.2, 0.25) is 0 Å². The summed E-state index contributed by atoms with van der Waals surface area (Å²) in [4.78, 5) is 4.12. The molecule has 1 aromatic carbocycles. The van der Waals surface area contributed by atoms with Gasteiger partial charge in [0.25, 0.3) is 0 Å². The number of imidazole rings is 1. The van der Waals surface area contributed by atoms with Crippen LogP contribution in [0.5, 0.6) is 0 Å². The predicted octanol–water partition coefficient (Wildman–Crippen LogP) is 2.85. The smallest absolute Gasteiger partial charge is 0.159 e. The number of hydrogen-bond acceptors (Lipinski definition) is 2. The van der Waals surface area contributed by atoms with E-state index < -0.39 is 17.7 Å². The number of hydrogen-bond donors (Lipinski definition) is 1. The Morgan fingerprint density at radius 1 is 1.32 bits per heavy atom. The zero-order chi connectivity index (χ0) is 13.8. The summed E-state index contributed by atoms with van der Waals surface area (Å²) in [5.41, 5.74) is 0.539. The molecule has 1 atom stereocenters. The molecule has 0 fully saturated rings. The summed E-state index contributed by atoms with van der Waals surface area (Å²) in [5.74, 6) is -1.24. The lowest BCUT2D eigenvalue weighted by Gasteiger charge is -2.13. The van der Waals surface area contributed by atoms with Crippen molar-refractivity contribution in [2.24, 2.45) is 0 Å². The summed E-state index contributed by atoms with van der Waals surface area (Å²) in [5, 5.41) is 10.1. The van der Waals surface area contributed by atoms with Crippen LogP contribution in [-0.2, 0) is 13.0 Å². The second-order valence-corrected chi connectivity index (χ2v) is 4.45. The third-order valence-electron chi connectivity index (χ3n) is 2.92. The van der Waals surface area contributed by atoms with Crippen molar-refractivity contribution < 1.29 is 13.9 Å². The molecule has 0 aliphatic carbocycles. The van der Waals surface area contributed by atoms with Gasteiger partial charge in [0.05, 0.1) is 0 Å². The molecule has 0 saturated carbocycles. The van der Waals surface area contributed by atoms with Crippen molar-refractivity contribution in [3.8, 4) is 0 Å². The Morgan fingerprint density at radius 3 is 2.79 bits per heavy atom. The minimum Gasteiger partial charge on any atom is -0.385 e. The first-order valence-corrected chi connectivity index (χ1v) is 6.24. The molecular formula is C14H16F2N2O. The van der Waals surface area contributed by atoms with Gasteiger partial charge in [-0.25, -0.2) is 13.8 Å². The lowest BCUT2D eigenvalue weighted by Crippen LogP contribution is -2.11. The van der Waals surface area contributed by atoms with E-state index in [1.165, 1.54) is 6.07 Å². The van der Waals surface area contributed by atoms with Gasteiger partial charge < -0.3 is 9.67 Å². The first-order valence-electron chi connectivity index (χ1n) is 6.24. The van der Waals surface area contributed by atoms with Crippen molar-refractivity contribution >= 4 is 0 Å². The molecule has 102 valence electrons. The van der Waals surface area contributed by atoms with Crippen molar-refractivity contribution in [3.63, 3.8) is 0 Å². The molecule has 5 heteroatoms. The van der Waals surface area contributed by atoms with Crippen LogP contribution in [-0.4, -0.2) is 14.7 Å². The Morgan fingerprint density at radius 2 is 2.11 bits per heavy atom. The molecule has 2 aromatic rings. The molecule has 0 aliphatic rings. The highest BCUT2D eigenvalue weighted by molar-refractivity contribution is 5.19. The monoisotopic (exact) mass is 266 g/mol. The van der Waals surface area contributed by atoms with Crippen molar-refractivity contribution in [2.45, 2.75) is 32.4 Å². The summed E-state index contributed by atoms with van der Waals surface area (Å²) in [6.07, 6.45) is 3.73. The van der Waals surface area contributed by atoms with Gasteiger partial charge in [-0.3, -0.25) is 0 Å². The molecule has 0 spiro atoms. The summed E-state index contributed by atoms with van der Waals surface area (Å²) < 4.78 is 27.8. The highest BCUT2D eigenvalue weighted by atomic mass is 19.2. The molecule has 1 N–H and O–H groups in total. The zero-order valence-electron chi connectivity index (χ0n) is 10.7. The van der Waals surface area contributed by atoms with Crippen molar-refractivity contribution in [1.29, 1.82) is 0 Å². The first kappa shape index (κ1) is 13.7. The zero-order valence-corrected chi connectivity index (χ0v) is 10.7. The number of aliphatic hydroxyl groups is 1. The van der Waals surface area contributed by atoms with Crippen LogP contribution >= 0.6 is 0 Å². The minimum atomic E-state index is -0.901. The van der Waals surface area contributed by atoms with E-state index in [0.717, 1.165) is 25.1 Å². The Balaban J connectivity index is 2.13. The molecule has 19 heavy (non-hydrogen) atoms. The van der Waals surface area contributed by atoms with Gasteiger partial charge in [-0.1, -0.05) is 13.0 Å². The Labute approximate surface area is 110 Å². The van der Waals surface area contributed by atoms with Gasteiger partial charge in [0, 0.05) is 25.4 Å². The van der Waals surface area contributed by atoms with Crippen LogP contribution in [0.15, 0.2) is 30.6 Å². The molecule has 0 bridgehead atoms. The van der Waals surface area contributed by atoms with Gasteiger partial charge in [0.1, 0.15) is 11.9 Å². The Hall–Kier alpha value is -1.75. The number of nitrogens with zero attached hydrogens (tertiary/aromatic N) is 2. The average molecular weight is 266 g/mol. The van der Waals surface area contributed by atoms with Crippen molar-refractivity contribution in [1.82, 2.24) is 9.55 Å². The molecule has 1 heterocycles. The van der Waals surface area contributed by atoms with Crippen LogP contribution in [0.3, 0.4) is 0 Å². The van der Waals surface area contributed by atoms with E-state index in [9.17, 15) is 13.9 Å². The maximum absolute atomic E-state index is 13.1. The van der Waals surface area contributed by atoms with E-state index in [-0.39, 0.29) is 6.42 Å². The molecule has 0 amide bonds. The summed E-state index contributed by atoms with van der Waals surface area (Å²) in [6, 6.07) is 3.64. The van der Waals surface area contributed by atoms with Gasteiger partial charge in [-0.05, 0) is 24.1 Å². The minimum absolute atomic E-state index is 0.206. The number of benzene rings is 1. The SMILES string of the molecule is CCCn1ccnc1C(O)Cc1ccc(F)c(F)c1. The van der Waals surface area contributed by atoms with Gasteiger partial charge >= 0.3 is 0 Å². The highest BCUT2D eigenvalue weighted by Gasteiger charge is 2.15. The second kappa shape index (κ2) is 5.93. The van der Waals surface area contributed by atoms with E-state index in [2.05, 4.69) is 4.98 Å². The van der Waals surface area contributed by atoms with Gasteiger partial charge in [-0.2, -0.15) is 0 Å². The van der Waals surface area contributed by atoms with Crippen molar-refractivity contribution in [2.75, 3.05) is 0 Å². The highest BCUT2D eigenvalue weighted by Crippen LogP contribution is 2.18.